The third-order valence-corrected chi connectivity index (χ3v) is 4.42. The molecule has 1 aliphatic heterocycles. The maximum atomic E-state index is 9.51. The molecule has 0 fully saturated rings. The summed E-state index contributed by atoms with van der Waals surface area (Å²) in [6.07, 6.45) is 11.6. The molecule has 0 amide bonds. The minimum absolute atomic E-state index is 0.375. The zero-order valence-electron chi connectivity index (χ0n) is 17.0. The lowest BCUT2D eigenvalue weighted by atomic mass is 9.95. The summed E-state index contributed by atoms with van der Waals surface area (Å²) in [6.45, 7) is 5.44. The number of hydrogen-bond donors (Lipinski definition) is 0. The number of nitriles is 2. The van der Waals surface area contributed by atoms with Crippen molar-refractivity contribution in [3.05, 3.63) is 82.7 Å². The Morgan fingerprint density at radius 2 is 1.61 bits per heavy atom. The van der Waals surface area contributed by atoms with Crippen LogP contribution in [-0.2, 0) is 4.74 Å². The van der Waals surface area contributed by atoms with Gasteiger partial charge in [-0.3, -0.25) is 0 Å². The first-order valence-electron chi connectivity index (χ1n) is 9.04. The maximum absolute atomic E-state index is 9.51. The van der Waals surface area contributed by atoms with Gasteiger partial charge in [0.2, 0.25) is 0 Å². The lowest BCUT2D eigenvalue weighted by molar-refractivity contribution is 0.0948. The average Bonchev–Trinajstić information content (AvgIpc) is 2.94. The van der Waals surface area contributed by atoms with Crippen LogP contribution >= 0.6 is 0 Å². The van der Waals surface area contributed by atoms with Crippen LogP contribution < -0.4 is 4.90 Å². The summed E-state index contributed by atoms with van der Waals surface area (Å²) in [5, 5.41) is 18.6. The van der Waals surface area contributed by atoms with Gasteiger partial charge < -0.3 is 9.64 Å². The van der Waals surface area contributed by atoms with Crippen LogP contribution in [0.15, 0.2) is 77.1 Å². The van der Waals surface area contributed by atoms with E-state index in [1.54, 1.807) is 6.92 Å². The van der Waals surface area contributed by atoms with Gasteiger partial charge in [0.15, 0.2) is 5.76 Å². The molecule has 1 aromatic rings. The molecule has 0 unspecified atom stereocenters. The first-order valence-corrected chi connectivity index (χ1v) is 9.04. The standard InChI is InChI=1S/C24H25N3O/c1-18(16-25)23-21(17-26)22(24(2,3)28-23)11-9-7-6-8-10-19-12-14-20(15-13-19)27(4)5/h6-15H,1-5H3/b7-6+,10-8+,11-9+,23-18+. The van der Waals surface area contributed by atoms with Gasteiger partial charge in [-0.15, -0.1) is 0 Å². The molecule has 28 heavy (non-hydrogen) atoms. The monoisotopic (exact) mass is 371 g/mol. The minimum Gasteiger partial charge on any atom is -0.481 e. The number of anilines is 1. The number of nitrogens with zero attached hydrogens (tertiary/aromatic N) is 3. The Morgan fingerprint density at radius 1 is 1.00 bits per heavy atom. The Morgan fingerprint density at radius 3 is 2.14 bits per heavy atom. The van der Waals surface area contributed by atoms with Crippen LogP contribution in [0.1, 0.15) is 26.3 Å². The third kappa shape index (κ3) is 4.81. The first-order chi connectivity index (χ1) is 13.3. The lowest BCUT2D eigenvalue weighted by Crippen LogP contribution is -2.20. The molecule has 1 aliphatic rings. The molecular weight excluding hydrogens is 346 g/mol. The molecule has 1 aromatic carbocycles. The third-order valence-electron chi connectivity index (χ3n) is 4.42. The molecule has 4 heteroatoms. The molecule has 2 rings (SSSR count). The molecule has 0 spiro atoms. The van der Waals surface area contributed by atoms with E-state index in [0.717, 1.165) is 11.1 Å². The van der Waals surface area contributed by atoms with Crippen molar-refractivity contribution in [2.24, 2.45) is 0 Å². The Labute approximate surface area is 167 Å². The van der Waals surface area contributed by atoms with Crippen LogP contribution in [0.4, 0.5) is 5.69 Å². The molecule has 4 nitrogen and oxygen atoms in total. The second kappa shape index (κ2) is 8.93. The highest BCUT2D eigenvalue weighted by molar-refractivity contribution is 5.58. The summed E-state index contributed by atoms with van der Waals surface area (Å²) in [7, 11) is 4.04. The number of allylic oxidation sites excluding steroid dienone is 6. The van der Waals surface area contributed by atoms with Crippen LogP contribution in [0.5, 0.6) is 0 Å². The molecule has 0 saturated carbocycles. The number of ether oxygens (including phenoxy) is 1. The van der Waals surface area contributed by atoms with E-state index in [1.165, 1.54) is 5.69 Å². The quantitative estimate of drug-likeness (QED) is 0.520. The van der Waals surface area contributed by atoms with E-state index in [0.29, 0.717) is 16.9 Å². The van der Waals surface area contributed by atoms with Gasteiger partial charge in [-0.2, -0.15) is 10.5 Å². The average molecular weight is 371 g/mol. The summed E-state index contributed by atoms with van der Waals surface area (Å²) in [6, 6.07) is 12.5. The number of rotatable bonds is 5. The smallest absolute Gasteiger partial charge is 0.152 e. The molecule has 0 atom stereocenters. The van der Waals surface area contributed by atoms with Gasteiger partial charge in [-0.1, -0.05) is 48.6 Å². The highest BCUT2D eigenvalue weighted by Crippen LogP contribution is 2.40. The van der Waals surface area contributed by atoms with Gasteiger partial charge in [-0.25, -0.2) is 0 Å². The second-order valence-electron chi connectivity index (χ2n) is 7.17. The van der Waals surface area contributed by atoms with Gasteiger partial charge >= 0.3 is 0 Å². The highest BCUT2D eigenvalue weighted by atomic mass is 16.5. The molecule has 0 aromatic heterocycles. The van der Waals surface area contributed by atoms with Crippen molar-refractivity contribution in [1.29, 1.82) is 10.5 Å². The van der Waals surface area contributed by atoms with Crippen molar-refractivity contribution in [1.82, 2.24) is 0 Å². The lowest BCUT2D eigenvalue weighted by Gasteiger charge is -2.20. The fourth-order valence-electron chi connectivity index (χ4n) is 2.82. The van der Waals surface area contributed by atoms with Crippen molar-refractivity contribution >= 4 is 11.8 Å². The van der Waals surface area contributed by atoms with Crippen molar-refractivity contribution in [2.45, 2.75) is 26.4 Å². The molecule has 1 heterocycles. The minimum atomic E-state index is -0.646. The van der Waals surface area contributed by atoms with Gasteiger partial charge in [0.05, 0.1) is 11.6 Å². The predicted molar refractivity (Wildman–Crippen MR) is 114 cm³/mol. The van der Waals surface area contributed by atoms with Crippen LogP contribution in [0.3, 0.4) is 0 Å². The van der Waals surface area contributed by atoms with E-state index in [1.807, 2.05) is 64.4 Å². The number of benzene rings is 1. The zero-order valence-corrected chi connectivity index (χ0v) is 17.0. The zero-order chi connectivity index (χ0) is 20.7. The second-order valence-corrected chi connectivity index (χ2v) is 7.17. The predicted octanol–water partition coefficient (Wildman–Crippen LogP) is 5.30. The Kier molecular flexibility index (Phi) is 6.64. The van der Waals surface area contributed by atoms with Crippen LogP contribution in [-0.4, -0.2) is 19.7 Å². The van der Waals surface area contributed by atoms with Crippen LogP contribution in [0.25, 0.3) is 6.08 Å². The van der Waals surface area contributed by atoms with Gasteiger partial charge in [0.25, 0.3) is 0 Å². The highest BCUT2D eigenvalue weighted by Gasteiger charge is 2.37. The fourth-order valence-corrected chi connectivity index (χ4v) is 2.82. The summed E-state index contributed by atoms with van der Waals surface area (Å²) in [5.74, 6) is 0.375. The van der Waals surface area contributed by atoms with E-state index >= 15 is 0 Å². The van der Waals surface area contributed by atoms with E-state index in [2.05, 4.69) is 41.3 Å². The Hall–Kier alpha value is -3.50. The van der Waals surface area contributed by atoms with Crippen LogP contribution in [0, 0.1) is 22.7 Å². The topological polar surface area (TPSA) is 60.0 Å². The van der Waals surface area contributed by atoms with Gasteiger partial charge in [0, 0.05) is 25.4 Å². The SMILES string of the molecule is C/C(C#N)=C1\OC(C)(C)C(/C=C/C=C/C=C/c2ccc(N(C)C)cc2)=C1C#N. The van der Waals surface area contributed by atoms with E-state index in [4.69, 9.17) is 10.00 Å². The molecule has 0 aliphatic carbocycles. The largest absolute Gasteiger partial charge is 0.481 e. The molecule has 0 N–H and O–H groups in total. The summed E-state index contributed by atoms with van der Waals surface area (Å²) < 4.78 is 5.85. The fraction of sp³-hybridized carbons (Fsp3) is 0.250. The van der Waals surface area contributed by atoms with Crippen molar-refractivity contribution < 1.29 is 4.74 Å². The van der Waals surface area contributed by atoms with Gasteiger partial charge in [0.1, 0.15) is 17.2 Å². The van der Waals surface area contributed by atoms with Crippen molar-refractivity contribution in [3.8, 4) is 12.1 Å². The molecule has 0 radical (unpaired) electrons. The van der Waals surface area contributed by atoms with Crippen LogP contribution in [0.2, 0.25) is 0 Å². The van der Waals surface area contributed by atoms with Crippen molar-refractivity contribution in [2.75, 3.05) is 19.0 Å². The van der Waals surface area contributed by atoms with E-state index < -0.39 is 5.60 Å². The molecular formula is C24H25N3O. The Bertz CT molecular complexity index is 957. The van der Waals surface area contributed by atoms with E-state index in [9.17, 15) is 5.26 Å². The summed E-state index contributed by atoms with van der Waals surface area (Å²) in [5.41, 5.74) is 3.25. The van der Waals surface area contributed by atoms with Gasteiger partial charge in [-0.05, 0) is 38.5 Å². The Balaban J connectivity index is 2.12. The maximum Gasteiger partial charge on any atom is 0.152 e. The first kappa shape index (κ1) is 20.8. The normalized spacial score (nSPS) is 17.8. The number of hydrogen-bond acceptors (Lipinski definition) is 4. The molecule has 0 saturated heterocycles. The summed E-state index contributed by atoms with van der Waals surface area (Å²) in [4.78, 5) is 2.06. The molecule has 142 valence electrons. The molecule has 0 bridgehead atoms. The van der Waals surface area contributed by atoms with Crippen molar-refractivity contribution in [3.63, 3.8) is 0 Å². The van der Waals surface area contributed by atoms with E-state index in [-0.39, 0.29) is 0 Å². The summed E-state index contributed by atoms with van der Waals surface area (Å²) >= 11 is 0.